The molecule has 3 aromatic rings. The van der Waals surface area contributed by atoms with Gasteiger partial charge in [0.1, 0.15) is 0 Å². The fourth-order valence-corrected chi connectivity index (χ4v) is 6.77. The largest absolute Gasteiger partial charge is 0.360 e. The lowest BCUT2D eigenvalue weighted by atomic mass is 10.0. The van der Waals surface area contributed by atoms with Gasteiger partial charge in [0.15, 0.2) is 9.84 Å². The molecule has 144 valence electrons. The second-order valence-corrected chi connectivity index (χ2v) is 10.0. The van der Waals surface area contributed by atoms with Gasteiger partial charge < -0.3 is 9.88 Å². The number of H-pyrrole nitrogens is 1. The molecule has 0 aliphatic carbocycles. The maximum absolute atomic E-state index is 13.3. The van der Waals surface area contributed by atoms with Crippen LogP contribution in [0.15, 0.2) is 65.7 Å². The minimum Gasteiger partial charge on any atom is -0.360 e. The van der Waals surface area contributed by atoms with Crippen LogP contribution in [-0.4, -0.2) is 41.5 Å². The number of aromatic nitrogens is 1. The van der Waals surface area contributed by atoms with Gasteiger partial charge >= 0.3 is 0 Å². The number of amides is 1. The summed E-state index contributed by atoms with van der Waals surface area (Å²) in [6.07, 6.45) is 4.56. The Labute approximate surface area is 164 Å². The number of piperidine rings is 1. The molecule has 5 rings (SSSR count). The zero-order valence-electron chi connectivity index (χ0n) is 15.4. The third-order valence-corrected chi connectivity index (χ3v) is 8.45. The Hall–Kier alpha value is -2.60. The van der Waals surface area contributed by atoms with Crippen LogP contribution < -0.4 is 0 Å². The Morgan fingerprint density at radius 3 is 2.29 bits per heavy atom. The van der Waals surface area contributed by atoms with Crippen LogP contribution >= 0.6 is 0 Å². The Balaban J connectivity index is 1.43. The van der Waals surface area contributed by atoms with Crippen LogP contribution in [0.2, 0.25) is 0 Å². The summed E-state index contributed by atoms with van der Waals surface area (Å²) in [5, 5.41) is 0.505. The average Bonchev–Trinajstić information content (AvgIpc) is 3.26. The van der Waals surface area contributed by atoms with Crippen LogP contribution in [-0.2, 0) is 9.84 Å². The van der Waals surface area contributed by atoms with Crippen molar-refractivity contribution in [1.29, 1.82) is 0 Å². The number of carbonyl (C=O) groups is 1. The highest BCUT2D eigenvalue weighted by Crippen LogP contribution is 2.41. The molecule has 1 aromatic heterocycles. The van der Waals surface area contributed by atoms with E-state index >= 15 is 0 Å². The van der Waals surface area contributed by atoms with Gasteiger partial charge in [0.05, 0.1) is 15.7 Å². The standard InChI is InChI=1S/C22H22N2O3S/c25-22(20-14-23-21-9-5-4-8-19(20)21)24-15-10-11-16(24)13-18(12-15)28(26,27)17-6-2-1-3-7-17/h1-9,14-16,18,23H,10-13H2. The molecule has 28 heavy (non-hydrogen) atoms. The van der Waals surface area contributed by atoms with Crippen LogP contribution in [0, 0.1) is 0 Å². The maximum atomic E-state index is 13.3. The number of hydrogen-bond acceptors (Lipinski definition) is 3. The fourth-order valence-electron chi connectivity index (χ4n) is 4.90. The molecular weight excluding hydrogens is 372 g/mol. The lowest BCUT2D eigenvalue weighted by Crippen LogP contribution is -2.49. The quantitative estimate of drug-likeness (QED) is 0.735. The zero-order valence-corrected chi connectivity index (χ0v) is 16.2. The average molecular weight is 394 g/mol. The number of carbonyl (C=O) groups excluding carboxylic acids is 1. The highest BCUT2D eigenvalue weighted by Gasteiger charge is 2.47. The van der Waals surface area contributed by atoms with Gasteiger partial charge in [-0.05, 0) is 43.9 Å². The third kappa shape index (κ3) is 2.66. The fraction of sp³-hybridized carbons (Fsp3) is 0.318. The smallest absolute Gasteiger partial charge is 0.256 e. The minimum atomic E-state index is -3.37. The van der Waals surface area contributed by atoms with Gasteiger partial charge in [-0.15, -0.1) is 0 Å². The number of fused-ring (bicyclic) bond motifs is 3. The number of para-hydroxylation sites is 1. The first-order chi connectivity index (χ1) is 13.6. The first kappa shape index (κ1) is 17.5. The Morgan fingerprint density at radius 2 is 1.57 bits per heavy atom. The van der Waals surface area contributed by atoms with E-state index in [0.29, 0.717) is 23.3 Å². The number of benzene rings is 2. The predicted octanol–water partition coefficient (Wildman–Crippen LogP) is 3.78. The second kappa shape index (κ2) is 6.48. The number of sulfone groups is 1. The summed E-state index contributed by atoms with van der Waals surface area (Å²) >= 11 is 0. The maximum Gasteiger partial charge on any atom is 0.256 e. The molecule has 0 spiro atoms. The molecule has 1 N–H and O–H groups in total. The lowest BCUT2D eigenvalue weighted by molar-refractivity contribution is 0.0600. The van der Waals surface area contributed by atoms with Crippen LogP contribution in [0.25, 0.3) is 10.9 Å². The van der Waals surface area contributed by atoms with E-state index in [-0.39, 0.29) is 18.0 Å². The van der Waals surface area contributed by atoms with E-state index in [9.17, 15) is 13.2 Å². The normalized spacial score (nSPS) is 24.6. The van der Waals surface area contributed by atoms with Crippen molar-refractivity contribution in [3.8, 4) is 0 Å². The van der Waals surface area contributed by atoms with Crippen LogP contribution in [0.4, 0.5) is 0 Å². The van der Waals surface area contributed by atoms with E-state index in [4.69, 9.17) is 0 Å². The molecule has 0 saturated carbocycles. The lowest BCUT2D eigenvalue weighted by Gasteiger charge is -2.38. The molecular formula is C22H22N2O3S. The first-order valence-corrected chi connectivity index (χ1v) is 11.3. The Bertz CT molecular complexity index is 1120. The molecule has 2 fully saturated rings. The highest BCUT2D eigenvalue weighted by atomic mass is 32.2. The summed E-state index contributed by atoms with van der Waals surface area (Å²) in [6.45, 7) is 0. The van der Waals surface area contributed by atoms with Crippen LogP contribution in [0.3, 0.4) is 0 Å². The van der Waals surface area contributed by atoms with Gasteiger partial charge in [-0.3, -0.25) is 4.79 Å². The van der Waals surface area contributed by atoms with Crippen LogP contribution in [0.1, 0.15) is 36.0 Å². The van der Waals surface area contributed by atoms with Crippen molar-refractivity contribution in [3.63, 3.8) is 0 Å². The number of nitrogens with one attached hydrogen (secondary N) is 1. The molecule has 1 amide bonds. The van der Waals surface area contributed by atoms with Crippen molar-refractivity contribution in [2.45, 2.75) is 47.9 Å². The monoisotopic (exact) mass is 394 g/mol. The van der Waals surface area contributed by atoms with Crippen molar-refractivity contribution >= 4 is 26.6 Å². The molecule has 2 aromatic carbocycles. The van der Waals surface area contributed by atoms with Crippen LogP contribution in [0.5, 0.6) is 0 Å². The van der Waals surface area contributed by atoms with Crippen molar-refractivity contribution in [1.82, 2.24) is 9.88 Å². The van der Waals surface area contributed by atoms with Gasteiger partial charge in [-0.25, -0.2) is 8.42 Å². The first-order valence-electron chi connectivity index (χ1n) is 9.73. The molecule has 2 saturated heterocycles. The molecule has 2 aliphatic heterocycles. The SMILES string of the molecule is O=C(c1c[nH]c2ccccc12)N1C2CCC1CC(S(=O)(=O)c1ccccc1)C2. The third-order valence-electron chi connectivity index (χ3n) is 6.25. The molecule has 2 atom stereocenters. The van der Waals surface area contributed by atoms with Crippen molar-refractivity contribution in [2.24, 2.45) is 0 Å². The summed E-state index contributed by atoms with van der Waals surface area (Å²) in [4.78, 5) is 18.8. The number of rotatable bonds is 3. The van der Waals surface area contributed by atoms with Crippen molar-refractivity contribution in [3.05, 3.63) is 66.4 Å². The van der Waals surface area contributed by atoms with Gasteiger partial charge in [-0.1, -0.05) is 36.4 Å². The molecule has 3 heterocycles. The zero-order chi connectivity index (χ0) is 19.3. The number of nitrogens with zero attached hydrogens (tertiary/aromatic N) is 1. The van der Waals surface area contributed by atoms with E-state index < -0.39 is 15.1 Å². The van der Waals surface area contributed by atoms with E-state index in [2.05, 4.69) is 4.98 Å². The summed E-state index contributed by atoms with van der Waals surface area (Å²) in [7, 11) is -3.37. The van der Waals surface area contributed by atoms with Gasteiger partial charge in [0, 0.05) is 29.2 Å². The molecule has 6 heteroatoms. The molecule has 2 bridgehead atoms. The van der Waals surface area contributed by atoms with E-state index in [1.165, 1.54) is 0 Å². The van der Waals surface area contributed by atoms with Gasteiger partial charge in [-0.2, -0.15) is 0 Å². The van der Waals surface area contributed by atoms with Gasteiger partial charge in [0.25, 0.3) is 5.91 Å². The minimum absolute atomic E-state index is 0.0107. The molecule has 2 aliphatic rings. The summed E-state index contributed by atoms with van der Waals surface area (Å²) in [5.74, 6) is 0.0144. The molecule has 2 unspecified atom stereocenters. The van der Waals surface area contributed by atoms with Gasteiger partial charge in [0.2, 0.25) is 0 Å². The predicted molar refractivity (Wildman–Crippen MR) is 108 cm³/mol. The summed E-state index contributed by atoms with van der Waals surface area (Å²) < 4.78 is 26.2. The number of hydrogen-bond donors (Lipinski definition) is 1. The summed E-state index contributed by atoms with van der Waals surface area (Å²) in [5.41, 5.74) is 1.62. The Kier molecular flexibility index (Phi) is 4.05. The summed E-state index contributed by atoms with van der Waals surface area (Å²) in [6, 6.07) is 16.4. The van der Waals surface area contributed by atoms with Crippen molar-refractivity contribution < 1.29 is 13.2 Å². The topological polar surface area (TPSA) is 70.2 Å². The van der Waals surface area contributed by atoms with Crippen molar-refractivity contribution in [2.75, 3.05) is 0 Å². The highest BCUT2D eigenvalue weighted by molar-refractivity contribution is 7.92. The van der Waals surface area contributed by atoms with E-state index in [1.54, 1.807) is 30.5 Å². The molecule has 0 radical (unpaired) electrons. The van der Waals surface area contributed by atoms with E-state index in [0.717, 1.165) is 23.7 Å². The Morgan fingerprint density at radius 1 is 0.929 bits per heavy atom. The second-order valence-electron chi connectivity index (χ2n) is 7.80. The molecule has 5 nitrogen and oxygen atoms in total. The van der Waals surface area contributed by atoms with E-state index in [1.807, 2.05) is 35.2 Å². The number of aromatic amines is 1.